The van der Waals surface area contributed by atoms with E-state index in [9.17, 15) is 14.4 Å². The molecule has 10 heteroatoms. The molecule has 9 nitrogen and oxygen atoms in total. The molecule has 0 unspecified atom stereocenters. The van der Waals surface area contributed by atoms with E-state index in [-0.39, 0.29) is 29.5 Å². The van der Waals surface area contributed by atoms with Gasteiger partial charge >= 0.3 is 0 Å². The van der Waals surface area contributed by atoms with Crippen molar-refractivity contribution < 1.29 is 13.9 Å². The Balaban J connectivity index is 1.94. The van der Waals surface area contributed by atoms with Crippen LogP contribution in [0.1, 0.15) is 40.3 Å². The van der Waals surface area contributed by atoms with Crippen molar-refractivity contribution in [1.29, 1.82) is 5.26 Å². The van der Waals surface area contributed by atoms with Crippen LogP contribution in [0.25, 0.3) is 11.3 Å². The number of nitrogens with two attached hydrogens (primary N) is 1. The van der Waals surface area contributed by atoms with Crippen LogP contribution < -0.4 is 15.8 Å². The van der Waals surface area contributed by atoms with E-state index in [2.05, 4.69) is 26.5 Å². The van der Waals surface area contributed by atoms with Gasteiger partial charge in [0.1, 0.15) is 23.7 Å². The predicted molar refractivity (Wildman–Crippen MR) is 100.0 cm³/mol. The summed E-state index contributed by atoms with van der Waals surface area (Å²) in [5.74, 6) is -0.875. The Morgan fingerprint density at radius 3 is 3.00 bits per heavy atom. The molecule has 3 N–H and O–H groups in total. The van der Waals surface area contributed by atoms with Gasteiger partial charge in [0.25, 0.3) is 11.8 Å². The largest absolute Gasteiger partial charge is 0.467 e. The molecule has 1 atom stereocenters. The van der Waals surface area contributed by atoms with Gasteiger partial charge in [-0.3, -0.25) is 9.48 Å². The standard InChI is InChI=1S/C19H16FN7O2/c1-9-12-5-10(20)3-4-11(12)18(28)24-8-14-16(15(6-21)27(2)26-14)13-7-23-17(22)19(25-13)29-9/h3-5,7,9H,8H2,1-2H3,(H2,22,23)(H,24,28)/t9-/m1/s1. The molecular weight excluding hydrogens is 377 g/mol. The molecule has 29 heavy (non-hydrogen) atoms. The van der Waals surface area contributed by atoms with Gasteiger partial charge in [0.15, 0.2) is 5.82 Å². The number of aryl methyl sites for hydroxylation is 1. The zero-order chi connectivity index (χ0) is 20.7. The fourth-order valence-electron chi connectivity index (χ4n) is 3.26. The summed E-state index contributed by atoms with van der Waals surface area (Å²) in [6, 6.07) is 5.91. The van der Waals surface area contributed by atoms with E-state index in [1.54, 1.807) is 14.0 Å². The molecule has 3 heterocycles. The minimum Gasteiger partial charge on any atom is -0.467 e. The van der Waals surface area contributed by atoms with Crippen LogP contribution in [-0.2, 0) is 13.6 Å². The monoisotopic (exact) mass is 393 g/mol. The summed E-state index contributed by atoms with van der Waals surface area (Å²) in [7, 11) is 1.62. The number of benzene rings is 1. The number of rotatable bonds is 0. The van der Waals surface area contributed by atoms with Gasteiger partial charge in [0.2, 0.25) is 0 Å². The Bertz CT molecular complexity index is 1180. The Morgan fingerprint density at radius 1 is 1.45 bits per heavy atom. The lowest BCUT2D eigenvalue weighted by Crippen LogP contribution is -2.26. The topological polar surface area (TPSA) is 132 Å². The lowest BCUT2D eigenvalue weighted by Gasteiger charge is -2.19. The van der Waals surface area contributed by atoms with Gasteiger partial charge in [-0.15, -0.1) is 0 Å². The van der Waals surface area contributed by atoms with Crippen molar-refractivity contribution in [1.82, 2.24) is 25.1 Å². The third kappa shape index (κ3) is 3.12. The number of hydrogen-bond acceptors (Lipinski definition) is 7. The smallest absolute Gasteiger partial charge is 0.258 e. The van der Waals surface area contributed by atoms with E-state index in [1.165, 1.54) is 29.1 Å². The summed E-state index contributed by atoms with van der Waals surface area (Å²) in [5.41, 5.74) is 7.95. The summed E-state index contributed by atoms with van der Waals surface area (Å²) < 4.78 is 21.1. The van der Waals surface area contributed by atoms with Crippen molar-refractivity contribution in [2.24, 2.45) is 7.05 Å². The lowest BCUT2D eigenvalue weighted by molar-refractivity contribution is 0.0945. The summed E-state index contributed by atoms with van der Waals surface area (Å²) in [5, 5.41) is 16.6. The summed E-state index contributed by atoms with van der Waals surface area (Å²) in [6.45, 7) is 1.69. The number of nitrogen functional groups attached to an aromatic ring is 1. The number of carbonyl (C=O) groups is 1. The fraction of sp³-hybridized carbons (Fsp3) is 0.211. The minimum absolute atomic E-state index is 0.0184. The number of halogens is 1. The number of anilines is 1. The Labute approximate surface area is 164 Å². The van der Waals surface area contributed by atoms with Crippen LogP contribution in [0, 0.1) is 17.1 Å². The molecule has 0 spiro atoms. The highest BCUT2D eigenvalue weighted by atomic mass is 19.1. The molecular formula is C19H16FN7O2. The van der Waals surface area contributed by atoms with Gasteiger partial charge in [0.05, 0.1) is 29.7 Å². The molecule has 0 saturated carbocycles. The van der Waals surface area contributed by atoms with E-state index >= 15 is 0 Å². The zero-order valence-corrected chi connectivity index (χ0v) is 15.6. The normalized spacial score (nSPS) is 15.7. The first-order valence-electron chi connectivity index (χ1n) is 8.72. The van der Waals surface area contributed by atoms with E-state index in [0.29, 0.717) is 22.5 Å². The average Bonchev–Trinajstić information content (AvgIpc) is 3.02. The Kier molecular flexibility index (Phi) is 4.35. The molecule has 2 aromatic heterocycles. The Morgan fingerprint density at radius 2 is 2.24 bits per heavy atom. The molecule has 1 aliphatic rings. The quantitative estimate of drug-likeness (QED) is 0.596. The summed E-state index contributed by atoms with van der Waals surface area (Å²) in [6.07, 6.45) is 0.677. The second kappa shape index (κ2) is 6.87. The zero-order valence-electron chi connectivity index (χ0n) is 15.6. The van der Waals surface area contributed by atoms with Crippen LogP contribution in [0.15, 0.2) is 24.4 Å². The number of amides is 1. The number of nitrogens with one attached hydrogen (secondary N) is 1. The molecule has 0 saturated heterocycles. The third-order valence-corrected chi connectivity index (χ3v) is 4.65. The summed E-state index contributed by atoms with van der Waals surface area (Å²) >= 11 is 0. The van der Waals surface area contributed by atoms with Gasteiger partial charge in [0, 0.05) is 18.2 Å². The van der Waals surface area contributed by atoms with Crippen LogP contribution in [0.3, 0.4) is 0 Å². The van der Waals surface area contributed by atoms with Crippen LogP contribution >= 0.6 is 0 Å². The number of aromatic nitrogens is 4. The maximum atomic E-state index is 13.9. The van der Waals surface area contributed by atoms with E-state index in [0.717, 1.165) is 0 Å². The first-order chi connectivity index (χ1) is 13.9. The van der Waals surface area contributed by atoms with Crippen molar-refractivity contribution in [2.45, 2.75) is 19.6 Å². The molecule has 0 aliphatic carbocycles. The van der Waals surface area contributed by atoms with Crippen LogP contribution in [0.2, 0.25) is 0 Å². The average molecular weight is 393 g/mol. The van der Waals surface area contributed by atoms with Crippen LogP contribution in [0.4, 0.5) is 10.2 Å². The number of hydrogen-bond donors (Lipinski definition) is 2. The number of carbonyl (C=O) groups excluding carboxylic acids is 1. The van der Waals surface area contributed by atoms with Crippen molar-refractivity contribution >= 4 is 11.7 Å². The molecule has 0 fully saturated rings. The van der Waals surface area contributed by atoms with E-state index in [1.807, 2.05) is 0 Å². The number of nitrogens with zero attached hydrogens (tertiary/aromatic N) is 5. The lowest BCUT2D eigenvalue weighted by atomic mass is 10.0. The van der Waals surface area contributed by atoms with E-state index < -0.39 is 17.8 Å². The molecule has 1 amide bonds. The van der Waals surface area contributed by atoms with Crippen molar-refractivity contribution in [2.75, 3.05) is 5.73 Å². The fourth-order valence-corrected chi connectivity index (χ4v) is 3.26. The molecule has 146 valence electrons. The highest BCUT2D eigenvalue weighted by Gasteiger charge is 2.25. The molecule has 1 aromatic carbocycles. The Hall–Kier alpha value is -4.00. The highest BCUT2D eigenvalue weighted by molar-refractivity contribution is 5.96. The van der Waals surface area contributed by atoms with Gasteiger partial charge in [-0.25, -0.2) is 14.4 Å². The second-order valence-electron chi connectivity index (χ2n) is 6.53. The number of nitriles is 1. The van der Waals surface area contributed by atoms with Crippen molar-refractivity contribution in [3.63, 3.8) is 0 Å². The van der Waals surface area contributed by atoms with Crippen molar-refractivity contribution in [3.8, 4) is 23.2 Å². The van der Waals surface area contributed by atoms with Gasteiger partial charge < -0.3 is 15.8 Å². The molecule has 4 rings (SSSR count). The minimum atomic E-state index is -0.735. The highest BCUT2D eigenvalue weighted by Crippen LogP contribution is 2.32. The molecule has 0 radical (unpaired) electrons. The maximum absolute atomic E-state index is 13.9. The maximum Gasteiger partial charge on any atom is 0.258 e. The first kappa shape index (κ1) is 18.4. The summed E-state index contributed by atoms with van der Waals surface area (Å²) in [4.78, 5) is 21.3. The van der Waals surface area contributed by atoms with Gasteiger partial charge in [-0.1, -0.05) is 0 Å². The molecule has 1 aliphatic heterocycles. The van der Waals surface area contributed by atoms with Crippen molar-refractivity contribution in [3.05, 3.63) is 52.7 Å². The molecule has 2 bridgehead atoms. The first-order valence-corrected chi connectivity index (χ1v) is 8.72. The van der Waals surface area contributed by atoms with Crippen LogP contribution in [-0.4, -0.2) is 25.7 Å². The SMILES string of the molecule is C[C@H]1Oc2nc(cnc2N)-c2c(nn(C)c2C#N)CNC(=O)c2ccc(F)cc21. The van der Waals surface area contributed by atoms with E-state index in [4.69, 9.17) is 10.5 Å². The second-order valence-corrected chi connectivity index (χ2v) is 6.53. The predicted octanol–water partition coefficient (Wildman–Crippen LogP) is 1.85. The third-order valence-electron chi connectivity index (χ3n) is 4.65. The van der Waals surface area contributed by atoms with Gasteiger partial charge in [-0.05, 0) is 25.1 Å². The van der Waals surface area contributed by atoms with Crippen LogP contribution in [0.5, 0.6) is 5.88 Å². The number of ether oxygens (including phenoxy) is 1. The number of fused-ring (bicyclic) bond motifs is 5. The molecule has 3 aromatic rings. The van der Waals surface area contributed by atoms with Gasteiger partial charge in [-0.2, -0.15) is 10.4 Å².